The maximum Gasteiger partial charge on any atom is 0.255 e. The number of nitrogens with zero attached hydrogens (tertiary/aromatic N) is 2. The summed E-state index contributed by atoms with van der Waals surface area (Å²) < 4.78 is 0. The lowest BCUT2D eigenvalue weighted by Crippen LogP contribution is -2.65. The van der Waals surface area contributed by atoms with Crippen LogP contribution >= 0.6 is 0 Å². The summed E-state index contributed by atoms with van der Waals surface area (Å²) in [6.07, 6.45) is 3.51. The number of likely N-dealkylation sites (N-methyl/N-ethyl adjacent to an activating group) is 1. The number of hydrogen-bond donors (Lipinski definition) is 5. The molecule has 1 fully saturated rings. The molecule has 0 aliphatic heterocycles. The second kappa shape index (κ2) is 8.00. The number of amides is 1. The molecule has 4 atom stereocenters. The Morgan fingerprint density at radius 1 is 1.17 bits per heavy atom. The molecule has 186 valence electrons. The number of carbonyl (C=O) groups excluding carboxylic acids is 3. The van der Waals surface area contributed by atoms with E-state index >= 15 is 0 Å². The van der Waals surface area contributed by atoms with Gasteiger partial charge < -0.3 is 26.2 Å². The number of nitrogens with two attached hydrogens (primary N) is 1. The summed E-state index contributed by atoms with van der Waals surface area (Å²) >= 11 is 0. The van der Waals surface area contributed by atoms with Crippen LogP contribution in [0.4, 0.5) is 0 Å². The van der Waals surface area contributed by atoms with Gasteiger partial charge >= 0.3 is 0 Å². The first kappa shape index (κ1) is 23.7. The SMILES string of the molecule is CN(C)C1C(=O)C(C(N)=O)=C(O)C2(O)C(=O)C3=C(O)c4c(O)ccc(-c5cccnc5)c4CC3CC12. The number of phenolic OH excluding ortho intramolecular Hbond substituents is 1. The maximum absolute atomic E-state index is 13.8. The minimum Gasteiger partial charge on any atom is -0.508 e. The van der Waals surface area contributed by atoms with Crippen molar-refractivity contribution < 1.29 is 34.8 Å². The van der Waals surface area contributed by atoms with Gasteiger partial charge in [-0.15, -0.1) is 0 Å². The lowest BCUT2D eigenvalue weighted by molar-refractivity contribution is -0.153. The van der Waals surface area contributed by atoms with Gasteiger partial charge in [0.15, 0.2) is 11.4 Å². The van der Waals surface area contributed by atoms with Crippen LogP contribution in [0.3, 0.4) is 0 Å². The van der Waals surface area contributed by atoms with Gasteiger partial charge in [-0.25, -0.2) is 0 Å². The smallest absolute Gasteiger partial charge is 0.255 e. The first-order chi connectivity index (χ1) is 17.0. The zero-order valence-corrected chi connectivity index (χ0v) is 19.6. The van der Waals surface area contributed by atoms with Crippen LogP contribution < -0.4 is 5.73 Å². The van der Waals surface area contributed by atoms with Gasteiger partial charge in [0.05, 0.1) is 11.6 Å². The summed E-state index contributed by atoms with van der Waals surface area (Å²) in [4.78, 5) is 44.6. The second-order valence-electron chi connectivity index (χ2n) is 9.69. The van der Waals surface area contributed by atoms with Crippen LogP contribution in [-0.4, -0.2) is 73.5 Å². The van der Waals surface area contributed by atoms with E-state index in [1.807, 2.05) is 6.07 Å². The van der Waals surface area contributed by atoms with E-state index in [9.17, 15) is 34.8 Å². The van der Waals surface area contributed by atoms with Crippen molar-refractivity contribution in [3.05, 3.63) is 64.7 Å². The molecule has 1 aromatic heterocycles. The first-order valence-electron chi connectivity index (χ1n) is 11.4. The number of carbonyl (C=O) groups is 3. The van der Waals surface area contributed by atoms with Crippen molar-refractivity contribution in [1.82, 2.24) is 9.88 Å². The van der Waals surface area contributed by atoms with E-state index in [0.717, 1.165) is 5.56 Å². The van der Waals surface area contributed by atoms with Crippen LogP contribution in [0.2, 0.25) is 0 Å². The van der Waals surface area contributed by atoms with Crippen LogP contribution in [0, 0.1) is 11.8 Å². The molecule has 5 rings (SSSR count). The molecule has 0 bridgehead atoms. The molecule has 6 N–H and O–H groups in total. The molecule has 3 aliphatic rings. The number of pyridine rings is 1. The van der Waals surface area contributed by atoms with Crippen molar-refractivity contribution in [3.8, 4) is 16.9 Å². The molecule has 36 heavy (non-hydrogen) atoms. The number of aromatic nitrogens is 1. The van der Waals surface area contributed by atoms with Gasteiger partial charge in [0, 0.05) is 29.4 Å². The molecule has 1 saturated carbocycles. The molecule has 1 amide bonds. The Hall–Kier alpha value is -4.02. The number of fused-ring (bicyclic) bond motifs is 3. The number of Topliss-reactive ketones (excluding diaryl/α,β-unsaturated/α-hetero) is 2. The van der Waals surface area contributed by atoms with Crippen molar-refractivity contribution in [2.75, 3.05) is 14.1 Å². The molecule has 10 nitrogen and oxygen atoms in total. The Morgan fingerprint density at radius 2 is 1.89 bits per heavy atom. The zero-order valence-electron chi connectivity index (χ0n) is 19.6. The van der Waals surface area contributed by atoms with Gasteiger partial charge in [-0.1, -0.05) is 12.1 Å². The quantitative estimate of drug-likeness (QED) is 0.393. The lowest BCUT2D eigenvalue weighted by atomic mass is 9.57. The van der Waals surface area contributed by atoms with Crippen molar-refractivity contribution >= 4 is 23.2 Å². The van der Waals surface area contributed by atoms with Gasteiger partial charge in [0.25, 0.3) is 5.91 Å². The molecule has 10 heteroatoms. The fourth-order valence-corrected chi connectivity index (χ4v) is 6.04. The van der Waals surface area contributed by atoms with Crippen molar-refractivity contribution in [1.29, 1.82) is 0 Å². The Kier molecular flexibility index (Phi) is 5.27. The van der Waals surface area contributed by atoms with E-state index in [1.165, 1.54) is 11.0 Å². The van der Waals surface area contributed by atoms with E-state index in [1.54, 1.807) is 38.6 Å². The number of aliphatic hydroxyl groups is 3. The molecule has 1 aromatic carbocycles. The van der Waals surface area contributed by atoms with Crippen LogP contribution in [0.1, 0.15) is 17.5 Å². The summed E-state index contributed by atoms with van der Waals surface area (Å²) in [6, 6.07) is 5.56. The van der Waals surface area contributed by atoms with Crippen LogP contribution in [0.5, 0.6) is 5.75 Å². The third kappa shape index (κ3) is 3.04. The molecule has 0 saturated heterocycles. The minimum absolute atomic E-state index is 0.0356. The first-order valence-corrected chi connectivity index (χ1v) is 11.4. The Morgan fingerprint density at radius 3 is 2.50 bits per heavy atom. The number of ketones is 2. The zero-order chi connectivity index (χ0) is 26.1. The average molecular weight is 492 g/mol. The minimum atomic E-state index is -2.65. The number of hydrogen-bond acceptors (Lipinski definition) is 9. The third-order valence-corrected chi connectivity index (χ3v) is 7.58. The van der Waals surface area contributed by atoms with Gasteiger partial charge in [0.2, 0.25) is 5.78 Å². The highest BCUT2D eigenvalue weighted by Crippen LogP contribution is 2.53. The lowest BCUT2D eigenvalue weighted by Gasteiger charge is -2.50. The van der Waals surface area contributed by atoms with Crippen molar-refractivity contribution in [2.45, 2.75) is 24.5 Å². The largest absolute Gasteiger partial charge is 0.508 e. The Labute approximate surface area is 206 Å². The predicted molar refractivity (Wildman–Crippen MR) is 127 cm³/mol. The molecular formula is C26H25N3O7. The summed E-state index contributed by atoms with van der Waals surface area (Å²) in [5.74, 6) is -6.71. The number of aliphatic hydroxyl groups excluding tert-OH is 2. The summed E-state index contributed by atoms with van der Waals surface area (Å²) in [6.45, 7) is 0. The fourth-order valence-electron chi connectivity index (χ4n) is 6.04. The molecule has 0 radical (unpaired) electrons. The number of phenols is 1. The normalized spacial score (nSPS) is 27.6. The highest BCUT2D eigenvalue weighted by molar-refractivity contribution is 6.24. The molecular weight excluding hydrogens is 466 g/mol. The van der Waals surface area contributed by atoms with Gasteiger partial charge in [-0.3, -0.25) is 24.3 Å². The van der Waals surface area contributed by atoms with E-state index in [4.69, 9.17) is 5.73 Å². The van der Waals surface area contributed by atoms with E-state index in [-0.39, 0.29) is 29.7 Å². The third-order valence-electron chi connectivity index (χ3n) is 7.58. The molecule has 0 spiro atoms. The molecule has 3 aliphatic carbocycles. The predicted octanol–water partition coefficient (Wildman–Crippen LogP) is 1.03. The summed E-state index contributed by atoms with van der Waals surface area (Å²) in [5.41, 5.74) is 3.76. The number of benzene rings is 1. The van der Waals surface area contributed by atoms with Crippen molar-refractivity contribution in [2.24, 2.45) is 17.6 Å². The van der Waals surface area contributed by atoms with E-state index in [2.05, 4.69) is 4.98 Å². The second-order valence-corrected chi connectivity index (χ2v) is 9.69. The summed E-state index contributed by atoms with van der Waals surface area (Å²) in [5, 5.41) is 44.4. The number of aromatic hydroxyl groups is 1. The van der Waals surface area contributed by atoms with Crippen LogP contribution in [0.15, 0.2) is 53.6 Å². The Balaban J connectivity index is 1.75. The molecule has 4 unspecified atom stereocenters. The van der Waals surface area contributed by atoms with Crippen LogP contribution in [0.25, 0.3) is 16.9 Å². The highest BCUT2D eigenvalue weighted by Gasteiger charge is 2.64. The van der Waals surface area contributed by atoms with Gasteiger partial charge in [-0.2, -0.15) is 0 Å². The monoisotopic (exact) mass is 491 g/mol. The van der Waals surface area contributed by atoms with Crippen molar-refractivity contribution in [3.63, 3.8) is 0 Å². The van der Waals surface area contributed by atoms with Gasteiger partial charge in [0.1, 0.15) is 22.8 Å². The topological polar surface area (TPSA) is 174 Å². The van der Waals surface area contributed by atoms with E-state index < -0.39 is 58.0 Å². The average Bonchev–Trinajstić information content (AvgIpc) is 2.81. The van der Waals surface area contributed by atoms with Gasteiger partial charge in [-0.05, 0) is 56.1 Å². The van der Waals surface area contributed by atoms with Crippen LogP contribution in [-0.2, 0) is 20.8 Å². The fraction of sp³-hybridized carbons (Fsp3) is 0.308. The molecule has 2 aromatic rings. The Bertz CT molecular complexity index is 1400. The summed E-state index contributed by atoms with van der Waals surface area (Å²) in [7, 11) is 3.12. The molecule has 1 heterocycles. The standard InChI is InChI=1S/C26H25N3O7/c1-29(2)20-15-9-12-8-14-13(11-4-3-7-28-10-11)5-6-16(30)18(14)21(31)17(12)23(33)26(15,36)24(34)19(22(20)32)25(27)35/h3-7,10,12,15,20,30-31,34,36H,8-9H2,1-2H3,(H2,27,35). The number of primary amides is 1. The highest BCUT2D eigenvalue weighted by atomic mass is 16.3. The number of rotatable bonds is 3. The van der Waals surface area contributed by atoms with E-state index in [0.29, 0.717) is 11.1 Å². The maximum atomic E-state index is 13.8.